The second-order valence-electron chi connectivity index (χ2n) is 2.78. The number of allylic oxidation sites excluding steroid dienone is 2. The van der Waals surface area contributed by atoms with Crippen LogP contribution in [-0.2, 0) is 9.59 Å². The molecule has 13 heavy (non-hydrogen) atoms. The van der Waals surface area contributed by atoms with Crippen molar-refractivity contribution in [2.75, 3.05) is 0 Å². The normalized spacial score (nSPS) is 12.4. The SMILES string of the molecule is CC(C)/C(=C/C=C/C(=O)O)C(=O)O. The molecule has 0 atom stereocenters. The van der Waals surface area contributed by atoms with E-state index < -0.39 is 11.9 Å². The summed E-state index contributed by atoms with van der Waals surface area (Å²) in [5, 5.41) is 16.9. The highest BCUT2D eigenvalue weighted by Crippen LogP contribution is 2.09. The molecule has 0 aliphatic heterocycles. The van der Waals surface area contributed by atoms with Crippen LogP contribution in [0.15, 0.2) is 23.8 Å². The maximum absolute atomic E-state index is 10.6. The van der Waals surface area contributed by atoms with Crippen molar-refractivity contribution in [1.29, 1.82) is 0 Å². The van der Waals surface area contributed by atoms with Gasteiger partial charge in [-0.05, 0) is 5.92 Å². The zero-order valence-electron chi connectivity index (χ0n) is 7.52. The van der Waals surface area contributed by atoms with E-state index in [4.69, 9.17) is 10.2 Å². The molecule has 0 rings (SSSR count). The van der Waals surface area contributed by atoms with Gasteiger partial charge in [-0.1, -0.05) is 26.0 Å². The van der Waals surface area contributed by atoms with Crippen LogP contribution in [0, 0.1) is 5.92 Å². The van der Waals surface area contributed by atoms with Gasteiger partial charge in [0.25, 0.3) is 0 Å². The molecule has 0 aliphatic carbocycles. The summed E-state index contributed by atoms with van der Waals surface area (Å²) in [5.41, 5.74) is 0.192. The molecule has 0 amide bonds. The minimum absolute atomic E-state index is 0.129. The third kappa shape index (κ3) is 4.79. The van der Waals surface area contributed by atoms with Crippen LogP contribution >= 0.6 is 0 Å². The number of carbonyl (C=O) groups is 2. The van der Waals surface area contributed by atoms with E-state index in [1.54, 1.807) is 13.8 Å². The van der Waals surface area contributed by atoms with Crippen LogP contribution in [0.2, 0.25) is 0 Å². The van der Waals surface area contributed by atoms with Gasteiger partial charge in [-0.15, -0.1) is 0 Å². The van der Waals surface area contributed by atoms with Gasteiger partial charge < -0.3 is 10.2 Å². The monoisotopic (exact) mass is 184 g/mol. The van der Waals surface area contributed by atoms with Crippen molar-refractivity contribution in [3.05, 3.63) is 23.8 Å². The maximum Gasteiger partial charge on any atom is 0.331 e. The first-order valence-electron chi connectivity index (χ1n) is 3.79. The molecule has 0 spiro atoms. The Morgan fingerprint density at radius 1 is 1.23 bits per heavy atom. The van der Waals surface area contributed by atoms with Crippen LogP contribution in [0.5, 0.6) is 0 Å². The summed E-state index contributed by atoms with van der Waals surface area (Å²) >= 11 is 0. The average molecular weight is 184 g/mol. The molecule has 0 saturated carbocycles. The fourth-order valence-corrected chi connectivity index (χ4v) is 0.745. The van der Waals surface area contributed by atoms with Crippen molar-refractivity contribution in [3.63, 3.8) is 0 Å². The molecule has 72 valence electrons. The fraction of sp³-hybridized carbons (Fsp3) is 0.333. The highest BCUT2D eigenvalue weighted by atomic mass is 16.4. The van der Waals surface area contributed by atoms with E-state index >= 15 is 0 Å². The number of carboxylic acid groups (broad SMARTS) is 2. The van der Waals surface area contributed by atoms with E-state index in [0.29, 0.717) is 0 Å². The van der Waals surface area contributed by atoms with Crippen molar-refractivity contribution in [2.24, 2.45) is 5.92 Å². The fourth-order valence-electron chi connectivity index (χ4n) is 0.745. The van der Waals surface area contributed by atoms with Gasteiger partial charge in [0.15, 0.2) is 0 Å². The number of hydrogen-bond donors (Lipinski definition) is 2. The van der Waals surface area contributed by atoms with Crippen molar-refractivity contribution < 1.29 is 19.8 Å². The van der Waals surface area contributed by atoms with Gasteiger partial charge in [0.1, 0.15) is 0 Å². The summed E-state index contributed by atoms with van der Waals surface area (Å²) in [5.74, 6) is -2.24. The van der Waals surface area contributed by atoms with E-state index in [1.165, 1.54) is 12.2 Å². The lowest BCUT2D eigenvalue weighted by Gasteiger charge is -2.03. The third-order valence-corrected chi connectivity index (χ3v) is 1.38. The molecule has 0 radical (unpaired) electrons. The van der Waals surface area contributed by atoms with E-state index in [9.17, 15) is 9.59 Å². The second-order valence-corrected chi connectivity index (χ2v) is 2.78. The summed E-state index contributed by atoms with van der Waals surface area (Å²) in [6, 6.07) is 0. The Balaban J connectivity index is 4.56. The van der Waals surface area contributed by atoms with Gasteiger partial charge in [0, 0.05) is 11.6 Å². The Hall–Kier alpha value is -1.58. The Kier molecular flexibility index (Phi) is 4.51. The van der Waals surface area contributed by atoms with Gasteiger partial charge in [0.05, 0.1) is 0 Å². The van der Waals surface area contributed by atoms with E-state index in [1.807, 2.05) is 0 Å². The first kappa shape index (κ1) is 11.4. The molecule has 0 heterocycles. The first-order valence-corrected chi connectivity index (χ1v) is 3.79. The quantitative estimate of drug-likeness (QED) is 0.510. The third-order valence-electron chi connectivity index (χ3n) is 1.38. The van der Waals surface area contributed by atoms with E-state index in [-0.39, 0.29) is 11.5 Å². The topological polar surface area (TPSA) is 74.6 Å². The molecule has 0 bridgehead atoms. The summed E-state index contributed by atoms with van der Waals surface area (Å²) in [7, 11) is 0. The summed E-state index contributed by atoms with van der Waals surface area (Å²) < 4.78 is 0. The minimum atomic E-state index is -1.09. The molecule has 0 aromatic rings. The first-order chi connectivity index (χ1) is 5.95. The van der Waals surface area contributed by atoms with Crippen LogP contribution in [0.4, 0.5) is 0 Å². The Labute approximate surface area is 76.2 Å². The van der Waals surface area contributed by atoms with E-state index in [2.05, 4.69) is 0 Å². The number of rotatable bonds is 4. The Morgan fingerprint density at radius 3 is 2.08 bits per heavy atom. The number of hydrogen-bond acceptors (Lipinski definition) is 2. The van der Waals surface area contributed by atoms with Crippen LogP contribution in [-0.4, -0.2) is 22.2 Å². The van der Waals surface area contributed by atoms with Gasteiger partial charge in [-0.25, -0.2) is 9.59 Å². The lowest BCUT2D eigenvalue weighted by atomic mass is 10.0. The van der Waals surface area contributed by atoms with Gasteiger partial charge in [-0.3, -0.25) is 0 Å². The highest BCUT2D eigenvalue weighted by molar-refractivity contribution is 5.88. The van der Waals surface area contributed by atoms with Crippen molar-refractivity contribution >= 4 is 11.9 Å². The van der Waals surface area contributed by atoms with Crippen molar-refractivity contribution in [1.82, 2.24) is 0 Å². The van der Waals surface area contributed by atoms with Crippen LogP contribution < -0.4 is 0 Å². The predicted molar refractivity (Wildman–Crippen MR) is 47.3 cm³/mol. The number of carboxylic acids is 2. The van der Waals surface area contributed by atoms with Crippen LogP contribution in [0.3, 0.4) is 0 Å². The highest BCUT2D eigenvalue weighted by Gasteiger charge is 2.09. The maximum atomic E-state index is 10.6. The average Bonchev–Trinajstić information content (AvgIpc) is 1.95. The van der Waals surface area contributed by atoms with Crippen LogP contribution in [0.1, 0.15) is 13.8 Å². The lowest BCUT2D eigenvalue weighted by molar-refractivity contribution is -0.133. The number of aliphatic carboxylic acids is 2. The summed E-state index contributed by atoms with van der Waals surface area (Å²) in [6.07, 6.45) is 3.40. The largest absolute Gasteiger partial charge is 0.478 e. The van der Waals surface area contributed by atoms with Crippen LogP contribution in [0.25, 0.3) is 0 Å². The van der Waals surface area contributed by atoms with Gasteiger partial charge in [0.2, 0.25) is 0 Å². The molecule has 0 saturated heterocycles. The predicted octanol–water partition coefficient (Wildman–Crippen LogP) is 1.29. The van der Waals surface area contributed by atoms with Crippen molar-refractivity contribution in [2.45, 2.75) is 13.8 Å². The Bertz CT molecular complexity index is 261. The standard InChI is InChI=1S/C9H12O4/c1-6(2)7(9(12)13)4-3-5-8(10)11/h3-6H,1-2H3,(H,10,11)(H,12,13)/b5-3+,7-4-. The van der Waals surface area contributed by atoms with Crippen molar-refractivity contribution in [3.8, 4) is 0 Å². The summed E-state index contributed by atoms with van der Waals surface area (Å²) in [6.45, 7) is 3.46. The molecular formula is C9H12O4. The zero-order valence-corrected chi connectivity index (χ0v) is 7.52. The van der Waals surface area contributed by atoms with E-state index in [0.717, 1.165) is 6.08 Å². The molecule has 0 aromatic heterocycles. The molecule has 0 unspecified atom stereocenters. The minimum Gasteiger partial charge on any atom is -0.478 e. The summed E-state index contributed by atoms with van der Waals surface area (Å²) in [4.78, 5) is 20.6. The second kappa shape index (κ2) is 5.13. The lowest BCUT2D eigenvalue weighted by Crippen LogP contribution is -2.06. The van der Waals surface area contributed by atoms with Gasteiger partial charge >= 0.3 is 11.9 Å². The molecule has 4 nitrogen and oxygen atoms in total. The van der Waals surface area contributed by atoms with Gasteiger partial charge in [-0.2, -0.15) is 0 Å². The molecule has 0 aliphatic rings. The smallest absolute Gasteiger partial charge is 0.331 e. The zero-order chi connectivity index (χ0) is 10.4. The molecule has 4 heteroatoms. The molecule has 2 N–H and O–H groups in total. The molecule has 0 aromatic carbocycles. The molecule has 0 fully saturated rings. The Morgan fingerprint density at radius 2 is 1.77 bits per heavy atom. The molecular weight excluding hydrogens is 172 g/mol.